The number of rotatable bonds is 5. The Labute approximate surface area is 154 Å². The molecule has 132 valence electrons. The van der Waals surface area contributed by atoms with Crippen molar-refractivity contribution in [1.82, 2.24) is 9.78 Å². The predicted molar refractivity (Wildman–Crippen MR) is 98.9 cm³/mol. The van der Waals surface area contributed by atoms with Crippen LogP contribution < -0.4 is 20.3 Å². The van der Waals surface area contributed by atoms with Crippen LogP contribution in [0.15, 0.2) is 59.5 Å². The molecular formula is C19H16ClN3O3. The second kappa shape index (κ2) is 7.09. The molecule has 26 heavy (non-hydrogen) atoms. The third kappa shape index (κ3) is 3.23. The van der Waals surface area contributed by atoms with Crippen molar-refractivity contribution in [2.75, 3.05) is 12.1 Å². The van der Waals surface area contributed by atoms with Crippen LogP contribution in [0, 0.1) is 0 Å². The largest absolute Gasteiger partial charge is 0.454 e. The topological polar surface area (TPSA) is 65.4 Å². The first-order valence-corrected chi connectivity index (χ1v) is 8.51. The molecule has 6 nitrogen and oxygen atoms in total. The van der Waals surface area contributed by atoms with E-state index in [2.05, 4.69) is 10.4 Å². The molecule has 0 atom stereocenters. The van der Waals surface area contributed by atoms with Crippen LogP contribution in [0.2, 0.25) is 5.02 Å². The summed E-state index contributed by atoms with van der Waals surface area (Å²) in [4.78, 5) is 12.5. The van der Waals surface area contributed by atoms with E-state index in [9.17, 15) is 4.79 Å². The van der Waals surface area contributed by atoms with Crippen molar-refractivity contribution in [3.05, 3.63) is 81.2 Å². The molecule has 2 heterocycles. The van der Waals surface area contributed by atoms with Crippen LogP contribution in [0.3, 0.4) is 0 Å². The fraction of sp³-hybridized carbons (Fsp3) is 0.158. The van der Waals surface area contributed by atoms with Crippen LogP contribution in [0.25, 0.3) is 0 Å². The second-order valence-electron chi connectivity index (χ2n) is 5.83. The molecule has 0 spiro atoms. The van der Waals surface area contributed by atoms with E-state index in [1.165, 1.54) is 4.68 Å². The summed E-state index contributed by atoms with van der Waals surface area (Å²) in [6, 6.07) is 15.3. The summed E-state index contributed by atoms with van der Waals surface area (Å²) in [6.45, 7) is 1.03. The molecule has 0 unspecified atom stereocenters. The molecule has 1 aliphatic heterocycles. The van der Waals surface area contributed by atoms with Gasteiger partial charge in [-0.25, -0.2) is 4.68 Å². The van der Waals surface area contributed by atoms with Crippen molar-refractivity contribution in [2.24, 2.45) is 0 Å². The lowest BCUT2D eigenvalue weighted by Crippen LogP contribution is -2.24. The minimum atomic E-state index is -0.335. The van der Waals surface area contributed by atoms with Crippen molar-refractivity contribution in [3.63, 3.8) is 0 Å². The number of anilines is 1. The zero-order valence-corrected chi connectivity index (χ0v) is 14.6. The molecule has 0 bridgehead atoms. The lowest BCUT2D eigenvalue weighted by Gasteiger charge is -2.11. The van der Waals surface area contributed by atoms with Gasteiger partial charge in [-0.05, 0) is 11.6 Å². The lowest BCUT2D eigenvalue weighted by atomic mass is 10.2. The number of benzene rings is 2. The third-order valence-electron chi connectivity index (χ3n) is 4.11. The van der Waals surface area contributed by atoms with Gasteiger partial charge in [0.05, 0.1) is 18.4 Å². The van der Waals surface area contributed by atoms with Crippen molar-refractivity contribution in [3.8, 4) is 11.5 Å². The molecule has 1 N–H and O–H groups in total. The molecule has 0 saturated carbocycles. The maximum absolute atomic E-state index is 12.5. The van der Waals surface area contributed by atoms with Gasteiger partial charge in [-0.15, -0.1) is 0 Å². The Kier molecular flexibility index (Phi) is 4.50. The predicted octanol–water partition coefficient (Wildman–Crippen LogP) is 3.29. The molecule has 0 fully saturated rings. The van der Waals surface area contributed by atoms with Gasteiger partial charge in [0.1, 0.15) is 5.02 Å². The van der Waals surface area contributed by atoms with E-state index in [1.807, 2.05) is 48.5 Å². The molecular weight excluding hydrogens is 354 g/mol. The highest BCUT2D eigenvalue weighted by Crippen LogP contribution is 2.35. The first-order chi connectivity index (χ1) is 12.7. The molecule has 1 aliphatic rings. The smallest absolute Gasteiger partial charge is 0.287 e. The van der Waals surface area contributed by atoms with E-state index in [4.69, 9.17) is 21.1 Å². The quantitative estimate of drug-likeness (QED) is 0.747. The number of hydrogen-bond acceptors (Lipinski definition) is 5. The Bertz CT molecular complexity index is 989. The number of hydrogen-bond donors (Lipinski definition) is 1. The van der Waals surface area contributed by atoms with Gasteiger partial charge in [-0.2, -0.15) is 5.10 Å². The minimum absolute atomic E-state index is 0.112. The second-order valence-corrected chi connectivity index (χ2v) is 6.20. The van der Waals surface area contributed by atoms with Gasteiger partial charge in [0.15, 0.2) is 11.5 Å². The monoisotopic (exact) mass is 369 g/mol. The fourth-order valence-corrected chi connectivity index (χ4v) is 2.99. The Morgan fingerprint density at radius 2 is 1.96 bits per heavy atom. The SMILES string of the molecule is O=c1c(Cl)c(NCc2cccc3c2OCO3)cnn1Cc1ccccc1. The van der Waals surface area contributed by atoms with Gasteiger partial charge in [0.2, 0.25) is 6.79 Å². The maximum atomic E-state index is 12.5. The summed E-state index contributed by atoms with van der Waals surface area (Å²) in [5.41, 5.74) is 2.05. The summed E-state index contributed by atoms with van der Waals surface area (Å²) in [5.74, 6) is 1.42. The average Bonchev–Trinajstić information content (AvgIpc) is 3.15. The van der Waals surface area contributed by atoms with Gasteiger partial charge in [-0.3, -0.25) is 4.79 Å². The van der Waals surface area contributed by atoms with Crippen molar-refractivity contribution in [1.29, 1.82) is 0 Å². The summed E-state index contributed by atoms with van der Waals surface area (Å²) < 4.78 is 12.2. The Morgan fingerprint density at radius 3 is 2.81 bits per heavy atom. The molecule has 0 saturated heterocycles. The number of nitrogens with zero attached hydrogens (tertiary/aromatic N) is 2. The molecule has 3 aromatic rings. The first-order valence-electron chi connectivity index (χ1n) is 8.13. The summed E-state index contributed by atoms with van der Waals surface area (Å²) in [5, 5.41) is 7.48. The molecule has 0 radical (unpaired) electrons. The highest BCUT2D eigenvalue weighted by Gasteiger charge is 2.17. The van der Waals surface area contributed by atoms with Gasteiger partial charge in [0, 0.05) is 12.1 Å². The summed E-state index contributed by atoms with van der Waals surface area (Å²) in [6.07, 6.45) is 1.56. The van der Waals surface area contributed by atoms with Crippen LogP contribution in [0.4, 0.5) is 5.69 Å². The third-order valence-corrected chi connectivity index (χ3v) is 4.47. The number of halogens is 1. The number of para-hydroxylation sites is 1. The van der Waals surface area contributed by atoms with Gasteiger partial charge in [-0.1, -0.05) is 54.1 Å². The number of nitrogens with one attached hydrogen (secondary N) is 1. The van der Waals surface area contributed by atoms with Crippen LogP contribution in [0.5, 0.6) is 11.5 Å². The minimum Gasteiger partial charge on any atom is -0.454 e. The summed E-state index contributed by atoms with van der Waals surface area (Å²) >= 11 is 6.26. The standard InChI is InChI=1S/C19H16ClN3O3/c20-17-15(21-9-14-7-4-8-16-18(14)26-12-25-16)10-22-23(19(17)24)11-13-5-2-1-3-6-13/h1-8,10,21H,9,11-12H2. The van der Waals surface area contributed by atoms with E-state index < -0.39 is 0 Å². The van der Waals surface area contributed by atoms with Gasteiger partial charge < -0.3 is 14.8 Å². The highest BCUT2D eigenvalue weighted by atomic mass is 35.5. The molecule has 4 rings (SSSR count). The average molecular weight is 370 g/mol. The number of fused-ring (bicyclic) bond motifs is 1. The fourth-order valence-electron chi connectivity index (χ4n) is 2.78. The normalized spacial score (nSPS) is 12.2. The zero-order chi connectivity index (χ0) is 17.9. The lowest BCUT2D eigenvalue weighted by molar-refractivity contribution is 0.173. The molecule has 1 aromatic heterocycles. The Balaban J connectivity index is 1.52. The van der Waals surface area contributed by atoms with E-state index in [1.54, 1.807) is 6.20 Å². The van der Waals surface area contributed by atoms with E-state index in [0.717, 1.165) is 11.1 Å². The van der Waals surface area contributed by atoms with Crippen LogP contribution in [-0.4, -0.2) is 16.6 Å². The van der Waals surface area contributed by atoms with E-state index in [-0.39, 0.29) is 17.4 Å². The Morgan fingerprint density at radius 1 is 1.12 bits per heavy atom. The van der Waals surface area contributed by atoms with E-state index >= 15 is 0 Å². The molecule has 7 heteroatoms. The van der Waals surface area contributed by atoms with Crippen molar-refractivity contribution < 1.29 is 9.47 Å². The Hall–Kier alpha value is -2.99. The first kappa shape index (κ1) is 16.5. The maximum Gasteiger partial charge on any atom is 0.287 e. The van der Waals surface area contributed by atoms with Crippen LogP contribution in [0.1, 0.15) is 11.1 Å². The van der Waals surface area contributed by atoms with Crippen LogP contribution in [-0.2, 0) is 13.1 Å². The summed E-state index contributed by atoms with van der Waals surface area (Å²) in [7, 11) is 0. The highest BCUT2D eigenvalue weighted by molar-refractivity contribution is 6.32. The zero-order valence-electron chi connectivity index (χ0n) is 13.8. The van der Waals surface area contributed by atoms with Crippen molar-refractivity contribution in [2.45, 2.75) is 13.1 Å². The van der Waals surface area contributed by atoms with Crippen molar-refractivity contribution >= 4 is 17.3 Å². The van der Waals surface area contributed by atoms with Crippen LogP contribution >= 0.6 is 11.6 Å². The van der Waals surface area contributed by atoms with E-state index in [0.29, 0.717) is 30.3 Å². The molecule has 2 aromatic carbocycles. The molecule has 0 amide bonds. The molecule has 0 aliphatic carbocycles. The van der Waals surface area contributed by atoms with Gasteiger partial charge >= 0.3 is 0 Å². The van der Waals surface area contributed by atoms with Gasteiger partial charge in [0.25, 0.3) is 5.56 Å². The number of aromatic nitrogens is 2. The number of ether oxygens (including phenoxy) is 2.